The largest absolute Gasteiger partial charge is 0.295 e. The smallest absolute Gasteiger partial charge is 0.0635 e. The van der Waals surface area contributed by atoms with E-state index in [-0.39, 0.29) is 0 Å². The third-order valence-corrected chi connectivity index (χ3v) is 1.53. The van der Waals surface area contributed by atoms with Crippen LogP contribution in [0.4, 0.5) is 0 Å². The average Bonchev–Trinajstić information content (AvgIpc) is 1.98. The summed E-state index contributed by atoms with van der Waals surface area (Å²) in [4.78, 5) is 2.19. The standard InChI is InChI=1S/C11H18N2/c1-10(2)8-13(7-5-6-12)9-11(3)4/h1,3,5,7-9H2,2,4H3. The highest BCUT2D eigenvalue weighted by molar-refractivity contribution is 4.98. The van der Waals surface area contributed by atoms with Crippen LogP contribution in [0.1, 0.15) is 20.3 Å². The van der Waals surface area contributed by atoms with Gasteiger partial charge in [0.15, 0.2) is 0 Å². The Kier molecular flexibility index (Phi) is 5.92. The molecule has 0 rings (SSSR count). The molecule has 0 atom stereocenters. The van der Waals surface area contributed by atoms with E-state index in [1.165, 1.54) is 0 Å². The summed E-state index contributed by atoms with van der Waals surface area (Å²) in [5.41, 5.74) is 2.25. The van der Waals surface area contributed by atoms with Crippen molar-refractivity contribution in [1.82, 2.24) is 4.90 Å². The van der Waals surface area contributed by atoms with Crippen LogP contribution >= 0.6 is 0 Å². The predicted octanol–water partition coefficient (Wildman–Crippen LogP) is 2.35. The minimum absolute atomic E-state index is 0.570. The Morgan fingerprint density at radius 3 is 2.00 bits per heavy atom. The van der Waals surface area contributed by atoms with Crippen molar-refractivity contribution >= 4 is 0 Å². The van der Waals surface area contributed by atoms with Crippen LogP contribution in [-0.4, -0.2) is 24.5 Å². The van der Waals surface area contributed by atoms with E-state index in [0.29, 0.717) is 6.42 Å². The predicted molar refractivity (Wildman–Crippen MR) is 56.3 cm³/mol. The Bertz CT molecular complexity index is 207. The molecule has 0 aromatic carbocycles. The molecule has 2 heteroatoms. The lowest BCUT2D eigenvalue weighted by molar-refractivity contribution is 0.329. The van der Waals surface area contributed by atoms with Gasteiger partial charge in [-0.3, -0.25) is 4.90 Å². The van der Waals surface area contributed by atoms with Crippen LogP contribution in [0.3, 0.4) is 0 Å². The van der Waals surface area contributed by atoms with Crippen LogP contribution in [0, 0.1) is 11.3 Å². The molecule has 0 bridgehead atoms. The fourth-order valence-corrected chi connectivity index (χ4v) is 1.19. The number of nitrogens with zero attached hydrogens (tertiary/aromatic N) is 2. The van der Waals surface area contributed by atoms with Gasteiger partial charge in [-0.15, -0.1) is 0 Å². The maximum absolute atomic E-state index is 8.46. The molecule has 0 aliphatic heterocycles. The normalized spacial score (nSPS) is 9.69. The second-order valence-corrected chi connectivity index (χ2v) is 3.53. The zero-order valence-corrected chi connectivity index (χ0v) is 8.64. The van der Waals surface area contributed by atoms with Gasteiger partial charge in [0.25, 0.3) is 0 Å². The molecule has 0 fully saturated rings. The summed E-state index contributed by atoms with van der Waals surface area (Å²) < 4.78 is 0. The summed E-state index contributed by atoms with van der Waals surface area (Å²) in [6.07, 6.45) is 0.570. The van der Waals surface area contributed by atoms with Crippen molar-refractivity contribution < 1.29 is 0 Å². The van der Waals surface area contributed by atoms with Gasteiger partial charge in [-0.1, -0.05) is 24.3 Å². The number of rotatable bonds is 6. The van der Waals surface area contributed by atoms with Crippen molar-refractivity contribution in [2.75, 3.05) is 19.6 Å². The lowest BCUT2D eigenvalue weighted by Gasteiger charge is -2.20. The molecule has 0 unspecified atom stereocenters. The van der Waals surface area contributed by atoms with Crippen molar-refractivity contribution in [3.05, 3.63) is 24.3 Å². The van der Waals surface area contributed by atoms with Gasteiger partial charge in [0, 0.05) is 26.1 Å². The van der Waals surface area contributed by atoms with Gasteiger partial charge in [-0.2, -0.15) is 5.26 Å². The molecule has 0 amide bonds. The fourth-order valence-electron chi connectivity index (χ4n) is 1.19. The van der Waals surface area contributed by atoms with Crippen LogP contribution < -0.4 is 0 Å². The van der Waals surface area contributed by atoms with E-state index in [0.717, 1.165) is 30.8 Å². The maximum atomic E-state index is 8.46. The van der Waals surface area contributed by atoms with Gasteiger partial charge < -0.3 is 0 Å². The molecule has 2 nitrogen and oxygen atoms in total. The Labute approximate surface area is 81.2 Å². The first-order valence-corrected chi connectivity index (χ1v) is 4.44. The molecule has 0 aromatic rings. The Hall–Kier alpha value is -1.07. The molecule has 0 saturated heterocycles. The average molecular weight is 178 g/mol. The minimum atomic E-state index is 0.570. The van der Waals surface area contributed by atoms with Crippen molar-refractivity contribution in [3.8, 4) is 6.07 Å². The fraction of sp³-hybridized carbons (Fsp3) is 0.545. The SMILES string of the molecule is C=C(C)CN(CCC#N)CC(=C)C. The van der Waals surface area contributed by atoms with E-state index in [4.69, 9.17) is 5.26 Å². The quantitative estimate of drug-likeness (QED) is 0.584. The van der Waals surface area contributed by atoms with Crippen LogP contribution in [0.25, 0.3) is 0 Å². The van der Waals surface area contributed by atoms with Crippen molar-refractivity contribution in [2.45, 2.75) is 20.3 Å². The first-order chi connectivity index (χ1) is 6.06. The van der Waals surface area contributed by atoms with Gasteiger partial charge in [0.2, 0.25) is 0 Å². The Morgan fingerprint density at radius 2 is 1.69 bits per heavy atom. The Morgan fingerprint density at radius 1 is 1.23 bits per heavy atom. The van der Waals surface area contributed by atoms with E-state index < -0.39 is 0 Å². The summed E-state index contributed by atoms with van der Waals surface area (Å²) in [6.45, 7) is 14.2. The van der Waals surface area contributed by atoms with Gasteiger partial charge in [-0.05, 0) is 13.8 Å². The molecule has 0 saturated carbocycles. The number of nitriles is 1. The minimum Gasteiger partial charge on any atom is -0.295 e. The molecule has 0 spiro atoms. The molecule has 72 valence electrons. The van der Waals surface area contributed by atoms with E-state index in [1.807, 2.05) is 13.8 Å². The van der Waals surface area contributed by atoms with E-state index in [1.54, 1.807) is 0 Å². The van der Waals surface area contributed by atoms with E-state index in [2.05, 4.69) is 24.1 Å². The molecule has 0 aliphatic carbocycles. The van der Waals surface area contributed by atoms with Gasteiger partial charge in [-0.25, -0.2) is 0 Å². The zero-order chi connectivity index (χ0) is 10.3. The topological polar surface area (TPSA) is 27.0 Å². The van der Waals surface area contributed by atoms with Gasteiger partial charge >= 0.3 is 0 Å². The van der Waals surface area contributed by atoms with Crippen LogP contribution in [0.15, 0.2) is 24.3 Å². The molecule has 0 aromatic heterocycles. The van der Waals surface area contributed by atoms with Crippen LogP contribution in [-0.2, 0) is 0 Å². The molecular weight excluding hydrogens is 160 g/mol. The van der Waals surface area contributed by atoms with Crippen molar-refractivity contribution in [3.63, 3.8) is 0 Å². The highest BCUT2D eigenvalue weighted by Crippen LogP contribution is 2.01. The summed E-state index contributed by atoms with van der Waals surface area (Å²) in [5.74, 6) is 0. The lowest BCUT2D eigenvalue weighted by atomic mass is 10.2. The van der Waals surface area contributed by atoms with Crippen LogP contribution in [0.5, 0.6) is 0 Å². The number of hydrogen-bond donors (Lipinski definition) is 0. The lowest BCUT2D eigenvalue weighted by Crippen LogP contribution is -2.27. The molecular formula is C11H18N2. The first kappa shape index (κ1) is 11.9. The molecule has 0 aliphatic rings. The van der Waals surface area contributed by atoms with Crippen molar-refractivity contribution in [1.29, 1.82) is 5.26 Å². The van der Waals surface area contributed by atoms with Gasteiger partial charge in [0.05, 0.1) is 6.07 Å². The third-order valence-electron chi connectivity index (χ3n) is 1.53. The summed E-state index contributed by atoms with van der Waals surface area (Å²) in [6, 6.07) is 2.14. The number of hydrogen-bond acceptors (Lipinski definition) is 2. The monoisotopic (exact) mass is 178 g/mol. The molecule has 0 heterocycles. The highest BCUT2D eigenvalue weighted by atomic mass is 15.1. The second-order valence-electron chi connectivity index (χ2n) is 3.53. The molecule has 13 heavy (non-hydrogen) atoms. The zero-order valence-electron chi connectivity index (χ0n) is 8.64. The Balaban J connectivity index is 3.96. The molecule has 0 N–H and O–H groups in total. The third kappa shape index (κ3) is 7.30. The van der Waals surface area contributed by atoms with Crippen LogP contribution in [0.2, 0.25) is 0 Å². The van der Waals surface area contributed by atoms with E-state index in [9.17, 15) is 0 Å². The summed E-state index contributed by atoms with van der Waals surface area (Å²) in [7, 11) is 0. The van der Waals surface area contributed by atoms with Gasteiger partial charge in [0.1, 0.15) is 0 Å². The van der Waals surface area contributed by atoms with Crippen molar-refractivity contribution in [2.24, 2.45) is 0 Å². The highest BCUT2D eigenvalue weighted by Gasteiger charge is 2.03. The second kappa shape index (κ2) is 6.45. The first-order valence-electron chi connectivity index (χ1n) is 4.44. The summed E-state index contributed by atoms with van der Waals surface area (Å²) >= 11 is 0. The summed E-state index contributed by atoms with van der Waals surface area (Å²) in [5, 5.41) is 8.46. The molecule has 0 radical (unpaired) electrons. The maximum Gasteiger partial charge on any atom is 0.0635 e. The van der Waals surface area contributed by atoms with E-state index >= 15 is 0 Å².